The third-order valence-electron chi connectivity index (χ3n) is 3.75. The Kier molecular flexibility index (Phi) is 4.35. The second-order valence-corrected chi connectivity index (χ2v) is 5.75. The molecule has 0 aliphatic carbocycles. The summed E-state index contributed by atoms with van der Waals surface area (Å²) >= 11 is 0. The fourth-order valence-corrected chi connectivity index (χ4v) is 2.52. The Balaban J connectivity index is 2.09. The van der Waals surface area contributed by atoms with E-state index in [-0.39, 0.29) is 5.41 Å². The molecule has 0 spiro atoms. The zero-order valence-corrected chi connectivity index (χ0v) is 11.4. The molecular weight excluding hydrogens is 228 g/mol. The molecule has 2 N–H and O–H groups in total. The number of ether oxygens (including phenoxy) is 1. The van der Waals surface area contributed by atoms with Gasteiger partial charge >= 0.3 is 0 Å². The summed E-state index contributed by atoms with van der Waals surface area (Å²) < 4.78 is 7.47. The summed E-state index contributed by atoms with van der Waals surface area (Å²) in [7, 11) is 0. The molecule has 0 amide bonds. The van der Waals surface area contributed by atoms with Crippen LogP contribution in [0.3, 0.4) is 0 Å². The molecular formula is C13H24N4O. The fourth-order valence-electron chi connectivity index (χ4n) is 2.52. The highest BCUT2D eigenvalue weighted by atomic mass is 16.5. The van der Waals surface area contributed by atoms with Crippen LogP contribution in [0.1, 0.15) is 32.5 Å². The summed E-state index contributed by atoms with van der Waals surface area (Å²) in [6.07, 6.45) is 4.62. The number of hydrogen-bond donors (Lipinski definition) is 1. The fraction of sp³-hybridized carbons (Fsp3) is 0.846. The molecule has 2 rings (SSSR count). The molecule has 0 saturated carbocycles. The van der Waals surface area contributed by atoms with Gasteiger partial charge in [0.2, 0.25) is 0 Å². The maximum absolute atomic E-state index is 5.99. The van der Waals surface area contributed by atoms with Gasteiger partial charge in [0.1, 0.15) is 12.2 Å². The molecule has 18 heavy (non-hydrogen) atoms. The summed E-state index contributed by atoms with van der Waals surface area (Å²) in [4.78, 5) is 4.41. The molecule has 102 valence electrons. The normalized spacial score (nSPS) is 19.3. The SMILES string of the molecule is CC(C)Cn1ncnc1CC1(CN)CCOCC1. The lowest BCUT2D eigenvalue weighted by molar-refractivity contribution is 0.0176. The summed E-state index contributed by atoms with van der Waals surface area (Å²) in [5.41, 5.74) is 6.15. The van der Waals surface area contributed by atoms with Crippen LogP contribution in [0.15, 0.2) is 6.33 Å². The summed E-state index contributed by atoms with van der Waals surface area (Å²) in [5, 5.41) is 4.32. The minimum Gasteiger partial charge on any atom is -0.381 e. The molecule has 0 atom stereocenters. The first-order chi connectivity index (χ1) is 8.65. The summed E-state index contributed by atoms with van der Waals surface area (Å²) in [6, 6.07) is 0. The largest absolute Gasteiger partial charge is 0.381 e. The Hall–Kier alpha value is -0.940. The van der Waals surface area contributed by atoms with Crippen molar-refractivity contribution in [3.63, 3.8) is 0 Å². The van der Waals surface area contributed by atoms with Crippen LogP contribution >= 0.6 is 0 Å². The number of rotatable bonds is 5. The zero-order valence-electron chi connectivity index (χ0n) is 11.4. The lowest BCUT2D eigenvalue weighted by atomic mass is 9.77. The predicted octanol–water partition coefficient (Wildman–Crippen LogP) is 1.23. The smallest absolute Gasteiger partial charge is 0.138 e. The Bertz CT molecular complexity index is 369. The van der Waals surface area contributed by atoms with Gasteiger partial charge in [0.25, 0.3) is 0 Å². The number of aromatic nitrogens is 3. The minimum absolute atomic E-state index is 0.153. The van der Waals surface area contributed by atoms with Gasteiger partial charge < -0.3 is 10.5 Å². The molecule has 2 heterocycles. The van der Waals surface area contributed by atoms with Gasteiger partial charge in [-0.25, -0.2) is 9.67 Å². The zero-order chi connectivity index (χ0) is 13.0. The lowest BCUT2D eigenvalue weighted by Gasteiger charge is -2.35. The standard InChI is InChI=1S/C13H24N4O/c1-11(2)8-17-12(15-10-16-17)7-13(9-14)3-5-18-6-4-13/h10-11H,3-9,14H2,1-2H3. The molecule has 1 saturated heterocycles. The molecule has 1 aromatic heterocycles. The Morgan fingerprint density at radius 1 is 1.44 bits per heavy atom. The van der Waals surface area contributed by atoms with Crippen molar-refractivity contribution >= 4 is 0 Å². The van der Waals surface area contributed by atoms with Gasteiger partial charge in [-0.15, -0.1) is 0 Å². The number of hydrogen-bond acceptors (Lipinski definition) is 4. The van der Waals surface area contributed by atoms with E-state index in [1.54, 1.807) is 6.33 Å². The van der Waals surface area contributed by atoms with Crippen LogP contribution in [0, 0.1) is 11.3 Å². The predicted molar refractivity (Wildman–Crippen MR) is 70.1 cm³/mol. The van der Waals surface area contributed by atoms with E-state index in [4.69, 9.17) is 10.5 Å². The van der Waals surface area contributed by atoms with Gasteiger partial charge in [-0.05, 0) is 30.7 Å². The third kappa shape index (κ3) is 3.09. The van der Waals surface area contributed by atoms with Crippen LogP contribution in [0.2, 0.25) is 0 Å². The van der Waals surface area contributed by atoms with E-state index >= 15 is 0 Å². The number of nitrogens with two attached hydrogens (primary N) is 1. The van der Waals surface area contributed by atoms with Crippen molar-refractivity contribution in [2.45, 2.75) is 39.7 Å². The second-order valence-electron chi connectivity index (χ2n) is 5.75. The first kappa shape index (κ1) is 13.5. The minimum atomic E-state index is 0.153. The summed E-state index contributed by atoms with van der Waals surface area (Å²) in [5.74, 6) is 1.64. The molecule has 5 nitrogen and oxygen atoms in total. The van der Waals surface area contributed by atoms with E-state index < -0.39 is 0 Å². The monoisotopic (exact) mass is 252 g/mol. The van der Waals surface area contributed by atoms with Crippen molar-refractivity contribution < 1.29 is 4.74 Å². The van der Waals surface area contributed by atoms with E-state index in [9.17, 15) is 0 Å². The van der Waals surface area contributed by atoms with E-state index in [1.165, 1.54) is 0 Å². The van der Waals surface area contributed by atoms with E-state index in [1.807, 2.05) is 4.68 Å². The highest BCUT2D eigenvalue weighted by Crippen LogP contribution is 2.32. The van der Waals surface area contributed by atoms with E-state index in [0.717, 1.165) is 44.8 Å². The van der Waals surface area contributed by atoms with Crippen LogP contribution in [0.5, 0.6) is 0 Å². The van der Waals surface area contributed by atoms with Gasteiger partial charge in [0.15, 0.2) is 0 Å². The first-order valence-electron chi connectivity index (χ1n) is 6.80. The lowest BCUT2D eigenvalue weighted by Crippen LogP contribution is -2.39. The Morgan fingerprint density at radius 2 is 2.17 bits per heavy atom. The Labute approximate surface area is 109 Å². The van der Waals surface area contributed by atoms with Crippen molar-refractivity contribution in [3.05, 3.63) is 12.2 Å². The topological polar surface area (TPSA) is 66.0 Å². The average molecular weight is 252 g/mol. The molecule has 1 fully saturated rings. The van der Waals surface area contributed by atoms with Gasteiger partial charge in [-0.3, -0.25) is 0 Å². The maximum Gasteiger partial charge on any atom is 0.138 e. The van der Waals surface area contributed by atoms with Crippen molar-refractivity contribution in [2.75, 3.05) is 19.8 Å². The maximum atomic E-state index is 5.99. The van der Waals surface area contributed by atoms with Crippen LogP contribution in [-0.2, 0) is 17.7 Å². The van der Waals surface area contributed by atoms with Crippen molar-refractivity contribution in [1.29, 1.82) is 0 Å². The van der Waals surface area contributed by atoms with Crippen LogP contribution in [-0.4, -0.2) is 34.5 Å². The molecule has 1 aliphatic heterocycles. The first-order valence-corrected chi connectivity index (χ1v) is 6.80. The molecule has 0 bridgehead atoms. The van der Waals surface area contributed by atoms with Gasteiger partial charge in [0.05, 0.1) is 0 Å². The summed E-state index contributed by atoms with van der Waals surface area (Å²) in [6.45, 7) is 7.64. The molecule has 1 aromatic rings. The van der Waals surface area contributed by atoms with Crippen LogP contribution in [0.25, 0.3) is 0 Å². The third-order valence-corrected chi connectivity index (χ3v) is 3.75. The van der Waals surface area contributed by atoms with Crippen molar-refractivity contribution in [3.8, 4) is 0 Å². The molecule has 0 unspecified atom stereocenters. The van der Waals surface area contributed by atoms with E-state index in [2.05, 4.69) is 23.9 Å². The van der Waals surface area contributed by atoms with Gasteiger partial charge in [-0.2, -0.15) is 5.10 Å². The number of nitrogens with zero attached hydrogens (tertiary/aromatic N) is 3. The van der Waals surface area contributed by atoms with Crippen molar-refractivity contribution in [1.82, 2.24) is 14.8 Å². The van der Waals surface area contributed by atoms with E-state index in [0.29, 0.717) is 12.5 Å². The highest BCUT2D eigenvalue weighted by molar-refractivity contribution is 4.96. The molecule has 0 aromatic carbocycles. The molecule has 5 heteroatoms. The average Bonchev–Trinajstić information content (AvgIpc) is 2.77. The quantitative estimate of drug-likeness (QED) is 0.856. The van der Waals surface area contributed by atoms with Crippen LogP contribution in [0.4, 0.5) is 0 Å². The van der Waals surface area contributed by atoms with Gasteiger partial charge in [-0.1, -0.05) is 13.8 Å². The highest BCUT2D eigenvalue weighted by Gasteiger charge is 2.33. The van der Waals surface area contributed by atoms with Gasteiger partial charge in [0, 0.05) is 26.2 Å². The second kappa shape index (κ2) is 5.80. The molecule has 0 radical (unpaired) electrons. The Morgan fingerprint density at radius 3 is 2.78 bits per heavy atom. The van der Waals surface area contributed by atoms with Crippen molar-refractivity contribution in [2.24, 2.45) is 17.1 Å². The van der Waals surface area contributed by atoms with Crippen LogP contribution < -0.4 is 5.73 Å². The molecule has 1 aliphatic rings.